The van der Waals surface area contributed by atoms with E-state index in [1.54, 1.807) is 0 Å². The lowest BCUT2D eigenvalue weighted by Crippen LogP contribution is -1.86. The number of aromatic nitrogens is 1. The number of nitrogens with one attached hydrogen (secondary N) is 1. The van der Waals surface area contributed by atoms with Gasteiger partial charge in [0.25, 0.3) is 0 Å². The SMILES string of the molecule is Cc1ccc(C2CN2)cn1. The fraction of sp³-hybridized carbons (Fsp3) is 0.375. The molecular weight excluding hydrogens is 124 g/mol. The predicted octanol–water partition coefficient (Wildman–Crippen LogP) is 1.03. The van der Waals surface area contributed by atoms with E-state index < -0.39 is 0 Å². The van der Waals surface area contributed by atoms with Crippen molar-refractivity contribution in [2.45, 2.75) is 13.0 Å². The molecule has 1 aliphatic rings. The van der Waals surface area contributed by atoms with E-state index >= 15 is 0 Å². The first-order valence-electron chi connectivity index (χ1n) is 3.52. The van der Waals surface area contributed by atoms with Crippen LogP contribution in [0.2, 0.25) is 0 Å². The summed E-state index contributed by atoms with van der Waals surface area (Å²) in [6, 6.07) is 4.77. The molecule has 0 aromatic carbocycles. The average molecular weight is 134 g/mol. The number of aryl methyl sites for hydroxylation is 1. The van der Waals surface area contributed by atoms with E-state index in [-0.39, 0.29) is 0 Å². The van der Waals surface area contributed by atoms with Gasteiger partial charge in [0.05, 0.1) is 0 Å². The second-order valence-electron chi connectivity index (χ2n) is 2.69. The van der Waals surface area contributed by atoms with Crippen molar-refractivity contribution < 1.29 is 0 Å². The first-order chi connectivity index (χ1) is 4.86. The van der Waals surface area contributed by atoms with Crippen LogP contribution in [0.4, 0.5) is 0 Å². The number of nitrogens with zero attached hydrogens (tertiary/aromatic N) is 1. The Morgan fingerprint density at radius 3 is 2.90 bits per heavy atom. The summed E-state index contributed by atoms with van der Waals surface area (Å²) in [4.78, 5) is 4.20. The van der Waals surface area contributed by atoms with Crippen molar-refractivity contribution in [2.24, 2.45) is 0 Å². The topological polar surface area (TPSA) is 34.8 Å². The lowest BCUT2D eigenvalue weighted by Gasteiger charge is -1.94. The summed E-state index contributed by atoms with van der Waals surface area (Å²) in [5.74, 6) is 0. The van der Waals surface area contributed by atoms with Gasteiger partial charge in [0.15, 0.2) is 0 Å². The Morgan fingerprint density at radius 2 is 2.40 bits per heavy atom. The minimum atomic E-state index is 0.591. The predicted molar refractivity (Wildman–Crippen MR) is 39.7 cm³/mol. The summed E-state index contributed by atoms with van der Waals surface area (Å²) < 4.78 is 0. The van der Waals surface area contributed by atoms with Crippen LogP contribution in [0, 0.1) is 6.92 Å². The molecule has 1 saturated heterocycles. The molecule has 1 aromatic rings. The Kier molecular flexibility index (Phi) is 1.21. The van der Waals surface area contributed by atoms with Gasteiger partial charge in [-0.15, -0.1) is 0 Å². The largest absolute Gasteiger partial charge is 0.307 e. The molecule has 2 nitrogen and oxygen atoms in total. The molecule has 0 aliphatic carbocycles. The van der Waals surface area contributed by atoms with Crippen molar-refractivity contribution >= 4 is 0 Å². The third kappa shape index (κ3) is 1.02. The van der Waals surface area contributed by atoms with Crippen LogP contribution < -0.4 is 5.32 Å². The molecule has 1 fully saturated rings. The molecule has 2 heteroatoms. The Labute approximate surface area is 60.3 Å². The molecule has 1 unspecified atom stereocenters. The van der Waals surface area contributed by atoms with Crippen LogP contribution in [-0.2, 0) is 0 Å². The smallest absolute Gasteiger partial charge is 0.0462 e. The fourth-order valence-electron chi connectivity index (χ4n) is 0.980. The standard InChI is InChI=1S/C8H10N2/c1-6-2-3-7(4-9-6)8-5-10-8/h2-4,8,10H,5H2,1H3. The molecule has 0 bridgehead atoms. The summed E-state index contributed by atoms with van der Waals surface area (Å²) in [6.45, 7) is 3.12. The van der Waals surface area contributed by atoms with Crippen molar-refractivity contribution in [1.29, 1.82) is 0 Å². The van der Waals surface area contributed by atoms with Gasteiger partial charge in [-0.05, 0) is 18.6 Å². The molecule has 0 saturated carbocycles. The Morgan fingerprint density at radius 1 is 1.60 bits per heavy atom. The van der Waals surface area contributed by atoms with E-state index in [9.17, 15) is 0 Å². The lowest BCUT2D eigenvalue weighted by molar-refractivity contribution is 1.04. The van der Waals surface area contributed by atoms with Crippen LogP contribution in [0.25, 0.3) is 0 Å². The second-order valence-corrected chi connectivity index (χ2v) is 2.69. The maximum atomic E-state index is 4.20. The Balaban J connectivity index is 2.28. The van der Waals surface area contributed by atoms with E-state index in [4.69, 9.17) is 0 Å². The van der Waals surface area contributed by atoms with Gasteiger partial charge >= 0.3 is 0 Å². The van der Waals surface area contributed by atoms with E-state index in [0.29, 0.717) is 6.04 Å². The Bertz CT molecular complexity index is 224. The van der Waals surface area contributed by atoms with E-state index in [2.05, 4.69) is 22.4 Å². The van der Waals surface area contributed by atoms with Gasteiger partial charge in [-0.2, -0.15) is 0 Å². The van der Waals surface area contributed by atoms with Gasteiger partial charge < -0.3 is 5.32 Å². The molecule has 2 rings (SSSR count). The molecule has 1 N–H and O–H groups in total. The van der Waals surface area contributed by atoms with Gasteiger partial charge in [-0.25, -0.2) is 0 Å². The van der Waals surface area contributed by atoms with E-state index in [1.807, 2.05) is 13.1 Å². The minimum absolute atomic E-state index is 0.591. The highest BCUT2D eigenvalue weighted by atomic mass is 15.1. The third-order valence-electron chi connectivity index (χ3n) is 1.74. The molecule has 1 aliphatic heterocycles. The zero-order valence-electron chi connectivity index (χ0n) is 5.96. The van der Waals surface area contributed by atoms with E-state index in [0.717, 1.165) is 12.2 Å². The molecule has 0 spiro atoms. The van der Waals surface area contributed by atoms with Gasteiger partial charge in [-0.1, -0.05) is 6.07 Å². The van der Waals surface area contributed by atoms with Crippen molar-refractivity contribution in [3.8, 4) is 0 Å². The molecule has 10 heavy (non-hydrogen) atoms. The molecular formula is C8H10N2. The van der Waals surface area contributed by atoms with Crippen molar-refractivity contribution in [1.82, 2.24) is 10.3 Å². The maximum absolute atomic E-state index is 4.20. The molecule has 52 valence electrons. The third-order valence-corrected chi connectivity index (χ3v) is 1.74. The van der Waals surface area contributed by atoms with Crippen LogP contribution in [0.3, 0.4) is 0 Å². The highest BCUT2D eigenvalue weighted by Gasteiger charge is 2.21. The fourth-order valence-corrected chi connectivity index (χ4v) is 0.980. The first-order valence-corrected chi connectivity index (χ1v) is 3.52. The number of pyridine rings is 1. The lowest BCUT2D eigenvalue weighted by atomic mass is 10.2. The van der Waals surface area contributed by atoms with Crippen molar-refractivity contribution in [3.05, 3.63) is 29.6 Å². The summed E-state index contributed by atoms with van der Waals surface area (Å²) in [6.07, 6.45) is 1.94. The summed E-state index contributed by atoms with van der Waals surface area (Å²) in [5.41, 5.74) is 2.40. The number of rotatable bonds is 1. The van der Waals surface area contributed by atoms with Crippen LogP contribution in [0.5, 0.6) is 0 Å². The van der Waals surface area contributed by atoms with Crippen LogP contribution in [0.1, 0.15) is 17.3 Å². The zero-order valence-corrected chi connectivity index (χ0v) is 5.96. The second kappa shape index (κ2) is 2.06. The first kappa shape index (κ1) is 5.86. The van der Waals surface area contributed by atoms with E-state index in [1.165, 1.54) is 5.56 Å². The van der Waals surface area contributed by atoms with Gasteiger partial charge in [0.1, 0.15) is 0 Å². The quantitative estimate of drug-likeness (QED) is 0.582. The molecule has 0 amide bonds. The Hall–Kier alpha value is -0.890. The molecule has 2 heterocycles. The van der Waals surface area contributed by atoms with Crippen LogP contribution >= 0.6 is 0 Å². The van der Waals surface area contributed by atoms with Gasteiger partial charge in [-0.3, -0.25) is 4.98 Å². The van der Waals surface area contributed by atoms with Crippen LogP contribution in [0.15, 0.2) is 18.3 Å². The molecule has 0 radical (unpaired) electrons. The van der Waals surface area contributed by atoms with Crippen molar-refractivity contribution in [2.75, 3.05) is 6.54 Å². The molecule has 1 aromatic heterocycles. The summed E-state index contributed by atoms with van der Waals surface area (Å²) in [7, 11) is 0. The maximum Gasteiger partial charge on any atom is 0.0462 e. The van der Waals surface area contributed by atoms with Crippen molar-refractivity contribution in [3.63, 3.8) is 0 Å². The average Bonchev–Trinajstić information content (AvgIpc) is 2.71. The summed E-state index contributed by atoms with van der Waals surface area (Å²) in [5, 5.41) is 3.23. The zero-order chi connectivity index (χ0) is 6.97. The number of hydrogen-bond donors (Lipinski definition) is 1. The van der Waals surface area contributed by atoms with Gasteiger partial charge in [0.2, 0.25) is 0 Å². The molecule has 1 atom stereocenters. The summed E-state index contributed by atoms with van der Waals surface area (Å²) >= 11 is 0. The normalized spacial score (nSPS) is 22.7. The highest BCUT2D eigenvalue weighted by Crippen LogP contribution is 2.19. The van der Waals surface area contributed by atoms with Crippen LogP contribution in [-0.4, -0.2) is 11.5 Å². The minimum Gasteiger partial charge on any atom is -0.307 e. The highest BCUT2D eigenvalue weighted by molar-refractivity contribution is 5.21. The van der Waals surface area contributed by atoms with Gasteiger partial charge in [0, 0.05) is 24.5 Å². The number of hydrogen-bond acceptors (Lipinski definition) is 2. The monoisotopic (exact) mass is 134 g/mol.